The summed E-state index contributed by atoms with van der Waals surface area (Å²) in [5, 5.41) is 3.30. The van der Waals surface area contributed by atoms with Crippen LogP contribution in [0.2, 0.25) is 0 Å². The fourth-order valence-corrected chi connectivity index (χ4v) is 2.16. The van der Waals surface area contributed by atoms with Crippen molar-refractivity contribution in [2.75, 3.05) is 6.54 Å². The fourth-order valence-electron chi connectivity index (χ4n) is 2.16. The van der Waals surface area contributed by atoms with Gasteiger partial charge in [-0.1, -0.05) is 18.6 Å². The summed E-state index contributed by atoms with van der Waals surface area (Å²) in [6.07, 6.45) is 3.24. The van der Waals surface area contributed by atoms with Gasteiger partial charge in [-0.15, -0.1) is 0 Å². The monoisotopic (exact) mass is 211 g/mol. The van der Waals surface area contributed by atoms with E-state index in [4.69, 9.17) is 0 Å². The summed E-state index contributed by atoms with van der Waals surface area (Å²) in [7, 11) is 0. The molecule has 1 fully saturated rings. The van der Waals surface area contributed by atoms with Crippen molar-refractivity contribution in [3.8, 4) is 0 Å². The SMILES string of the molecule is FCc1c(F)cccc1C1CCCCN1. The van der Waals surface area contributed by atoms with Crippen LogP contribution in [0, 0.1) is 5.82 Å². The maximum absolute atomic E-state index is 13.3. The third-order valence-electron chi connectivity index (χ3n) is 2.97. The van der Waals surface area contributed by atoms with E-state index < -0.39 is 12.5 Å². The second-order valence-electron chi connectivity index (χ2n) is 3.94. The van der Waals surface area contributed by atoms with E-state index in [9.17, 15) is 8.78 Å². The quantitative estimate of drug-likeness (QED) is 0.792. The van der Waals surface area contributed by atoms with E-state index >= 15 is 0 Å². The van der Waals surface area contributed by atoms with Crippen molar-refractivity contribution in [3.05, 3.63) is 35.1 Å². The van der Waals surface area contributed by atoms with Gasteiger partial charge in [0.05, 0.1) is 0 Å². The van der Waals surface area contributed by atoms with E-state index in [1.165, 1.54) is 6.07 Å². The maximum Gasteiger partial charge on any atom is 0.129 e. The highest BCUT2D eigenvalue weighted by Gasteiger charge is 2.19. The molecule has 3 heteroatoms. The molecule has 82 valence electrons. The summed E-state index contributed by atoms with van der Waals surface area (Å²) in [6.45, 7) is 0.215. The maximum atomic E-state index is 13.3. The van der Waals surface area contributed by atoms with Crippen molar-refractivity contribution in [1.82, 2.24) is 5.32 Å². The lowest BCUT2D eigenvalue weighted by Crippen LogP contribution is -2.27. The zero-order valence-electron chi connectivity index (χ0n) is 8.60. The van der Waals surface area contributed by atoms with Crippen LogP contribution in [0.15, 0.2) is 18.2 Å². The summed E-state index contributed by atoms with van der Waals surface area (Å²) < 4.78 is 26.1. The Morgan fingerprint density at radius 2 is 2.20 bits per heavy atom. The molecular weight excluding hydrogens is 196 g/mol. The highest BCUT2D eigenvalue weighted by atomic mass is 19.1. The van der Waals surface area contributed by atoms with Gasteiger partial charge in [-0.25, -0.2) is 8.78 Å². The molecule has 15 heavy (non-hydrogen) atoms. The van der Waals surface area contributed by atoms with Gasteiger partial charge < -0.3 is 5.32 Å². The van der Waals surface area contributed by atoms with Crippen molar-refractivity contribution in [2.24, 2.45) is 0 Å². The van der Waals surface area contributed by atoms with Gasteiger partial charge in [0, 0.05) is 11.6 Å². The Hall–Kier alpha value is -0.960. The molecule has 1 aromatic carbocycles. The van der Waals surface area contributed by atoms with Crippen LogP contribution in [0.1, 0.15) is 36.4 Å². The van der Waals surface area contributed by atoms with Crippen LogP contribution < -0.4 is 5.32 Å². The van der Waals surface area contributed by atoms with Crippen LogP contribution in [0.4, 0.5) is 8.78 Å². The first-order valence-corrected chi connectivity index (χ1v) is 5.39. The normalized spacial score (nSPS) is 21.6. The minimum Gasteiger partial charge on any atom is -0.310 e. The molecule has 0 radical (unpaired) electrons. The number of alkyl halides is 1. The second-order valence-corrected chi connectivity index (χ2v) is 3.94. The molecule has 1 nitrogen and oxygen atoms in total. The molecule has 0 amide bonds. The molecule has 0 spiro atoms. The molecule has 1 aliphatic heterocycles. The summed E-state index contributed by atoms with van der Waals surface area (Å²) in [5.41, 5.74) is 1.01. The first kappa shape index (κ1) is 10.6. The minimum atomic E-state index is -0.722. The topological polar surface area (TPSA) is 12.0 Å². The van der Waals surface area contributed by atoms with Crippen LogP contribution in [0.5, 0.6) is 0 Å². The molecule has 1 saturated heterocycles. The Balaban J connectivity index is 2.29. The number of rotatable bonds is 2. The molecule has 1 atom stereocenters. The van der Waals surface area contributed by atoms with Crippen LogP contribution in [0.25, 0.3) is 0 Å². The van der Waals surface area contributed by atoms with Crippen molar-refractivity contribution in [1.29, 1.82) is 0 Å². The Kier molecular flexibility index (Phi) is 3.31. The van der Waals surface area contributed by atoms with Gasteiger partial charge in [-0.05, 0) is 31.0 Å². The van der Waals surface area contributed by atoms with Gasteiger partial charge in [0.15, 0.2) is 0 Å². The number of hydrogen-bond donors (Lipinski definition) is 1. The summed E-state index contributed by atoms with van der Waals surface area (Å²) in [5.74, 6) is -0.428. The lowest BCUT2D eigenvalue weighted by molar-refractivity contribution is 0.397. The molecule has 1 aromatic rings. The van der Waals surface area contributed by atoms with Gasteiger partial charge in [-0.2, -0.15) is 0 Å². The van der Waals surface area contributed by atoms with Crippen molar-refractivity contribution >= 4 is 0 Å². The fraction of sp³-hybridized carbons (Fsp3) is 0.500. The standard InChI is InChI=1S/C12H15F2N/c13-8-10-9(4-3-5-11(10)14)12-6-1-2-7-15-12/h3-5,12,15H,1-2,6-8H2. The van der Waals surface area contributed by atoms with Gasteiger partial charge in [0.25, 0.3) is 0 Å². The van der Waals surface area contributed by atoms with Crippen molar-refractivity contribution < 1.29 is 8.78 Å². The highest BCUT2D eigenvalue weighted by Crippen LogP contribution is 2.27. The molecule has 1 N–H and O–H groups in total. The lowest BCUT2D eigenvalue weighted by Gasteiger charge is -2.25. The number of nitrogens with one attached hydrogen (secondary N) is 1. The Morgan fingerprint density at radius 1 is 1.33 bits per heavy atom. The minimum absolute atomic E-state index is 0.125. The van der Waals surface area contributed by atoms with Gasteiger partial charge >= 0.3 is 0 Å². The van der Waals surface area contributed by atoms with Crippen LogP contribution in [-0.4, -0.2) is 6.54 Å². The zero-order chi connectivity index (χ0) is 10.7. The largest absolute Gasteiger partial charge is 0.310 e. The molecule has 0 bridgehead atoms. The molecule has 0 aromatic heterocycles. The van der Waals surface area contributed by atoms with Crippen LogP contribution in [0.3, 0.4) is 0 Å². The molecule has 1 aliphatic rings. The predicted molar refractivity (Wildman–Crippen MR) is 55.8 cm³/mol. The van der Waals surface area contributed by atoms with E-state index in [0.29, 0.717) is 0 Å². The average Bonchev–Trinajstić information content (AvgIpc) is 2.30. The highest BCUT2D eigenvalue weighted by molar-refractivity contribution is 5.31. The van der Waals surface area contributed by atoms with Gasteiger partial charge in [0.2, 0.25) is 0 Å². The molecule has 1 unspecified atom stereocenters. The van der Waals surface area contributed by atoms with Crippen LogP contribution in [-0.2, 0) is 6.67 Å². The van der Waals surface area contributed by atoms with Gasteiger partial charge in [0.1, 0.15) is 12.5 Å². The Labute approximate surface area is 88.5 Å². The molecular formula is C12H15F2N. The molecule has 2 rings (SSSR count). The zero-order valence-corrected chi connectivity index (χ0v) is 8.60. The van der Waals surface area contributed by atoms with E-state index in [1.807, 2.05) is 6.07 Å². The Morgan fingerprint density at radius 3 is 2.87 bits per heavy atom. The molecule has 1 heterocycles. The van der Waals surface area contributed by atoms with Crippen molar-refractivity contribution in [2.45, 2.75) is 32.0 Å². The average molecular weight is 211 g/mol. The smallest absolute Gasteiger partial charge is 0.129 e. The Bertz CT molecular complexity index is 332. The van der Waals surface area contributed by atoms with E-state index in [0.717, 1.165) is 31.4 Å². The number of piperidine rings is 1. The summed E-state index contributed by atoms with van der Waals surface area (Å²) >= 11 is 0. The number of hydrogen-bond acceptors (Lipinski definition) is 1. The first-order valence-electron chi connectivity index (χ1n) is 5.39. The van der Waals surface area contributed by atoms with E-state index in [2.05, 4.69) is 5.32 Å². The molecule has 0 saturated carbocycles. The summed E-state index contributed by atoms with van der Waals surface area (Å²) in [6, 6.07) is 4.92. The first-order chi connectivity index (χ1) is 7.33. The van der Waals surface area contributed by atoms with Crippen LogP contribution >= 0.6 is 0 Å². The predicted octanol–water partition coefficient (Wildman–Crippen LogP) is 3.11. The third kappa shape index (κ3) is 2.17. The lowest BCUT2D eigenvalue weighted by atomic mass is 9.94. The number of halogens is 2. The van der Waals surface area contributed by atoms with Crippen molar-refractivity contribution in [3.63, 3.8) is 0 Å². The van der Waals surface area contributed by atoms with E-state index in [-0.39, 0.29) is 11.6 Å². The number of benzene rings is 1. The third-order valence-corrected chi connectivity index (χ3v) is 2.97. The second kappa shape index (κ2) is 4.71. The summed E-state index contributed by atoms with van der Waals surface area (Å²) in [4.78, 5) is 0. The van der Waals surface area contributed by atoms with Gasteiger partial charge in [-0.3, -0.25) is 0 Å². The van der Waals surface area contributed by atoms with E-state index in [1.54, 1.807) is 6.07 Å². The molecule has 0 aliphatic carbocycles.